The lowest BCUT2D eigenvalue weighted by atomic mass is 10.0. The average Bonchev–Trinajstić information content (AvgIpc) is 3.15. The van der Waals surface area contributed by atoms with E-state index in [9.17, 15) is 19.1 Å². The Morgan fingerprint density at radius 2 is 1.84 bits per heavy atom. The van der Waals surface area contributed by atoms with Crippen LogP contribution in [0.1, 0.15) is 116 Å². The summed E-state index contributed by atoms with van der Waals surface area (Å²) in [6.45, 7) is 19.0. The molecule has 2 heterocycles. The highest BCUT2D eigenvalue weighted by atomic mass is 19.1. The van der Waals surface area contributed by atoms with Crippen molar-refractivity contribution in [3.63, 3.8) is 0 Å². The summed E-state index contributed by atoms with van der Waals surface area (Å²) in [4.78, 5) is 28.7. The van der Waals surface area contributed by atoms with Gasteiger partial charge in [0.15, 0.2) is 11.5 Å². The third kappa shape index (κ3) is 10.7. The average molecular weight is 539 g/mol. The number of halogens is 1. The summed E-state index contributed by atoms with van der Waals surface area (Å²) in [6, 6.07) is 0. The normalized spacial score (nSPS) is 19.8. The van der Waals surface area contributed by atoms with Crippen LogP contribution in [0.15, 0.2) is 24.1 Å². The second-order valence-corrected chi connectivity index (χ2v) is 10.8. The van der Waals surface area contributed by atoms with Crippen LogP contribution in [0.4, 0.5) is 4.39 Å². The molecule has 2 rings (SSSR count). The molecule has 0 amide bonds. The fourth-order valence-corrected chi connectivity index (χ4v) is 4.40. The predicted molar refractivity (Wildman–Crippen MR) is 146 cm³/mol. The monoisotopic (exact) mass is 538 g/mol. The summed E-state index contributed by atoms with van der Waals surface area (Å²) in [7, 11) is 0. The molecular weight excluding hydrogens is 491 g/mol. The number of nitrogens with zero attached hydrogens (tertiary/aromatic N) is 2. The summed E-state index contributed by atoms with van der Waals surface area (Å²) in [5.41, 5.74) is 0.0546. The molecule has 0 spiro atoms. The van der Waals surface area contributed by atoms with Gasteiger partial charge in [-0.15, -0.1) is 0 Å². The Hall–Kier alpha value is -2.52. The highest BCUT2D eigenvalue weighted by molar-refractivity contribution is 5.87. The van der Waals surface area contributed by atoms with E-state index < -0.39 is 17.4 Å². The zero-order valence-corrected chi connectivity index (χ0v) is 24.8. The first-order chi connectivity index (χ1) is 17.6. The van der Waals surface area contributed by atoms with Crippen LogP contribution >= 0.6 is 0 Å². The molecule has 216 valence electrons. The predicted octanol–water partition coefficient (Wildman–Crippen LogP) is 6.74. The Bertz CT molecular complexity index is 988. The maximum atomic E-state index is 13.5. The Morgan fingerprint density at radius 1 is 1.24 bits per heavy atom. The zero-order valence-electron chi connectivity index (χ0n) is 24.8. The minimum atomic E-state index is -1.09. The zero-order chi connectivity index (χ0) is 29.3. The number of allylic oxidation sites excluding steroid dienone is 4. The van der Waals surface area contributed by atoms with Gasteiger partial charge in [0.25, 0.3) is 0 Å². The number of carboxylic acid groups (broad SMARTS) is 1. The SMILES string of the molecule is C/C=C(F)\C=C/Cc1nc(C(=O)O)c(C(C)C)n1CCC1CC(CC(=O)OC(C)(C)C)OC(C)(C)O1.CC. The van der Waals surface area contributed by atoms with E-state index in [2.05, 4.69) is 4.98 Å². The third-order valence-corrected chi connectivity index (χ3v) is 5.60. The van der Waals surface area contributed by atoms with Crippen LogP contribution in [0, 0.1) is 0 Å². The molecule has 1 aliphatic rings. The number of esters is 1. The number of rotatable bonds is 10. The van der Waals surface area contributed by atoms with Crippen LogP contribution < -0.4 is 0 Å². The molecule has 0 bridgehead atoms. The van der Waals surface area contributed by atoms with Gasteiger partial charge in [0.2, 0.25) is 0 Å². The summed E-state index contributed by atoms with van der Waals surface area (Å²) in [5, 5.41) is 9.74. The molecule has 1 aromatic rings. The van der Waals surface area contributed by atoms with Crippen LogP contribution in [0.25, 0.3) is 0 Å². The van der Waals surface area contributed by atoms with Crippen molar-refractivity contribution in [1.29, 1.82) is 0 Å². The lowest BCUT2D eigenvalue weighted by Crippen LogP contribution is -2.46. The number of aromatic nitrogens is 2. The number of carbonyl (C=O) groups is 2. The first-order valence-corrected chi connectivity index (χ1v) is 13.5. The molecular formula is C29H47FN2O6. The Morgan fingerprint density at radius 3 is 2.37 bits per heavy atom. The van der Waals surface area contributed by atoms with Crippen molar-refractivity contribution in [3.05, 3.63) is 41.3 Å². The molecule has 9 heteroatoms. The van der Waals surface area contributed by atoms with E-state index in [1.165, 1.54) is 12.2 Å². The molecule has 1 N–H and O–H groups in total. The van der Waals surface area contributed by atoms with E-state index in [-0.39, 0.29) is 48.5 Å². The van der Waals surface area contributed by atoms with Crippen LogP contribution in [0.3, 0.4) is 0 Å². The topological polar surface area (TPSA) is 99.9 Å². The van der Waals surface area contributed by atoms with Crippen molar-refractivity contribution in [2.24, 2.45) is 0 Å². The van der Waals surface area contributed by atoms with Crippen molar-refractivity contribution in [2.45, 2.75) is 131 Å². The second kappa shape index (κ2) is 14.6. The standard InChI is InChI=1S/C27H41FN2O6.C2H6/c1-9-18(28)11-10-12-21-29-23(25(32)33)24(17(2)3)30(21)14-13-19-15-20(35-27(7,8)34-19)16-22(31)36-26(4,5)6;1-2/h9-11,17,19-20H,12-16H2,1-8H3,(H,32,33);1-2H3/b11-10-,18-9+;. The van der Waals surface area contributed by atoms with Gasteiger partial charge in [-0.25, -0.2) is 14.2 Å². The lowest BCUT2D eigenvalue weighted by molar-refractivity contribution is -0.301. The Kier molecular flexibility index (Phi) is 12.9. The van der Waals surface area contributed by atoms with E-state index in [1.807, 2.05) is 66.9 Å². The van der Waals surface area contributed by atoms with Gasteiger partial charge in [-0.1, -0.05) is 39.8 Å². The van der Waals surface area contributed by atoms with Crippen molar-refractivity contribution >= 4 is 11.9 Å². The largest absolute Gasteiger partial charge is 0.476 e. The second-order valence-electron chi connectivity index (χ2n) is 10.8. The molecule has 1 fully saturated rings. The highest BCUT2D eigenvalue weighted by Gasteiger charge is 2.37. The third-order valence-electron chi connectivity index (χ3n) is 5.60. The van der Waals surface area contributed by atoms with E-state index in [4.69, 9.17) is 14.2 Å². The Labute approximate surface area is 227 Å². The van der Waals surface area contributed by atoms with Crippen molar-refractivity contribution in [3.8, 4) is 0 Å². The van der Waals surface area contributed by atoms with Gasteiger partial charge in [-0.2, -0.15) is 0 Å². The van der Waals surface area contributed by atoms with Crippen LogP contribution in [0.2, 0.25) is 0 Å². The Balaban J connectivity index is 0.00000352. The van der Waals surface area contributed by atoms with Crippen molar-refractivity contribution in [2.75, 3.05) is 0 Å². The first-order valence-electron chi connectivity index (χ1n) is 13.5. The van der Waals surface area contributed by atoms with Crippen molar-refractivity contribution < 1.29 is 33.3 Å². The van der Waals surface area contributed by atoms with E-state index >= 15 is 0 Å². The maximum absolute atomic E-state index is 13.5. The first kappa shape index (κ1) is 33.5. The smallest absolute Gasteiger partial charge is 0.356 e. The molecule has 1 saturated heterocycles. The molecule has 8 nitrogen and oxygen atoms in total. The number of ether oxygens (including phenoxy) is 3. The van der Waals surface area contributed by atoms with Gasteiger partial charge in [-0.05, 0) is 60.0 Å². The summed E-state index contributed by atoms with van der Waals surface area (Å²) in [5.74, 6) is -2.21. The molecule has 0 aliphatic carbocycles. The van der Waals surface area contributed by atoms with Crippen LogP contribution in [0.5, 0.6) is 0 Å². The minimum absolute atomic E-state index is 0.0101. The van der Waals surface area contributed by atoms with E-state index in [1.54, 1.807) is 13.0 Å². The molecule has 38 heavy (non-hydrogen) atoms. The van der Waals surface area contributed by atoms with Gasteiger partial charge in [-0.3, -0.25) is 4.79 Å². The fraction of sp³-hybridized carbons (Fsp3) is 0.690. The highest BCUT2D eigenvalue weighted by Crippen LogP contribution is 2.31. The number of imidazole rings is 1. The summed E-state index contributed by atoms with van der Waals surface area (Å²) in [6.07, 6.45) is 5.23. The van der Waals surface area contributed by atoms with Gasteiger partial charge < -0.3 is 23.9 Å². The quantitative estimate of drug-likeness (QED) is 0.260. The molecule has 0 aromatic carbocycles. The van der Waals surface area contributed by atoms with E-state index in [0.29, 0.717) is 30.9 Å². The van der Waals surface area contributed by atoms with Crippen LogP contribution in [-0.2, 0) is 32.0 Å². The van der Waals surface area contributed by atoms with Gasteiger partial charge in [0, 0.05) is 19.4 Å². The summed E-state index contributed by atoms with van der Waals surface area (Å²) < 4.78 is 33.0. The maximum Gasteiger partial charge on any atom is 0.356 e. The molecule has 0 saturated carbocycles. The van der Waals surface area contributed by atoms with Crippen molar-refractivity contribution in [1.82, 2.24) is 9.55 Å². The number of hydrogen-bond donors (Lipinski definition) is 1. The van der Waals surface area contributed by atoms with Gasteiger partial charge in [0.1, 0.15) is 17.3 Å². The fourth-order valence-electron chi connectivity index (χ4n) is 4.40. The van der Waals surface area contributed by atoms with Crippen LogP contribution in [-0.4, -0.2) is 50.2 Å². The summed E-state index contributed by atoms with van der Waals surface area (Å²) >= 11 is 0. The molecule has 2 atom stereocenters. The minimum Gasteiger partial charge on any atom is -0.476 e. The molecule has 1 aromatic heterocycles. The molecule has 2 unspecified atom stereocenters. The lowest BCUT2D eigenvalue weighted by Gasteiger charge is -2.41. The van der Waals surface area contributed by atoms with Gasteiger partial charge in [0.05, 0.1) is 24.3 Å². The van der Waals surface area contributed by atoms with E-state index in [0.717, 1.165) is 0 Å². The number of aromatic carboxylic acids is 1. The van der Waals surface area contributed by atoms with Gasteiger partial charge >= 0.3 is 11.9 Å². The molecule has 0 radical (unpaired) electrons. The molecule has 1 aliphatic heterocycles. The number of carbonyl (C=O) groups excluding carboxylic acids is 1. The number of hydrogen-bond acceptors (Lipinski definition) is 6. The number of carboxylic acids is 1.